The van der Waals surface area contributed by atoms with Gasteiger partial charge < -0.3 is 14.9 Å². The van der Waals surface area contributed by atoms with Gasteiger partial charge in [-0.3, -0.25) is 0 Å². The van der Waals surface area contributed by atoms with Crippen molar-refractivity contribution in [2.75, 3.05) is 19.8 Å². The summed E-state index contributed by atoms with van der Waals surface area (Å²) in [5.41, 5.74) is 6.98. The van der Waals surface area contributed by atoms with Gasteiger partial charge in [0.25, 0.3) is 0 Å². The second-order valence-corrected chi connectivity index (χ2v) is 5.25. The van der Waals surface area contributed by atoms with E-state index >= 15 is 0 Å². The van der Waals surface area contributed by atoms with Crippen LogP contribution in [0.5, 0.6) is 0 Å². The summed E-state index contributed by atoms with van der Waals surface area (Å²) >= 11 is 1.67. The number of nitrogens with two attached hydrogens (primary N) is 1. The molecule has 3 rings (SSSR count). The van der Waals surface area contributed by atoms with Crippen molar-refractivity contribution in [3.05, 3.63) is 17.3 Å². The number of aromatic nitrogens is 1. The molecule has 2 aromatic rings. The molecule has 1 aliphatic heterocycles. The van der Waals surface area contributed by atoms with Gasteiger partial charge in [0, 0.05) is 30.1 Å². The van der Waals surface area contributed by atoms with E-state index in [0.29, 0.717) is 6.54 Å². The van der Waals surface area contributed by atoms with Crippen molar-refractivity contribution in [1.29, 1.82) is 0 Å². The summed E-state index contributed by atoms with van der Waals surface area (Å²) in [5, 5.41) is 0. The predicted octanol–water partition coefficient (Wildman–Crippen LogP) is 1.90. The molecular formula is C11H14N2O2S. The van der Waals surface area contributed by atoms with Gasteiger partial charge in [0.2, 0.25) is 4.90 Å². The zero-order valence-electron chi connectivity index (χ0n) is 8.94. The van der Waals surface area contributed by atoms with E-state index in [2.05, 4.69) is 11.1 Å². The third kappa shape index (κ3) is 1.47. The van der Waals surface area contributed by atoms with Crippen LogP contribution in [-0.2, 0) is 10.2 Å². The second kappa shape index (κ2) is 3.84. The van der Waals surface area contributed by atoms with Gasteiger partial charge >= 0.3 is 0 Å². The lowest BCUT2D eigenvalue weighted by Gasteiger charge is -2.35. The zero-order valence-corrected chi connectivity index (χ0v) is 9.76. The Bertz CT molecular complexity index is 456. The highest BCUT2D eigenvalue weighted by atomic mass is 32.1. The fraction of sp³-hybridized carbons (Fsp3) is 0.545. The summed E-state index contributed by atoms with van der Waals surface area (Å²) in [6.45, 7) is 2.26. The number of rotatable bonds is 2. The van der Waals surface area contributed by atoms with E-state index in [4.69, 9.17) is 14.9 Å². The molecule has 1 aliphatic rings. The van der Waals surface area contributed by atoms with Crippen LogP contribution in [0.25, 0.3) is 10.4 Å². The maximum absolute atomic E-state index is 5.96. The first-order valence-electron chi connectivity index (χ1n) is 5.45. The van der Waals surface area contributed by atoms with Crippen LogP contribution in [-0.4, -0.2) is 24.7 Å². The van der Waals surface area contributed by atoms with Crippen molar-refractivity contribution >= 4 is 21.8 Å². The smallest absolute Gasteiger partial charge is 0.208 e. The Labute approximate surface area is 97.4 Å². The summed E-state index contributed by atoms with van der Waals surface area (Å²) in [4.78, 5) is 6.36. The summed E-state index contributed by atoms with van der Waals surface area (Å²) in [7, 11) is 0. The number of hydrogen-bond donors (Lipinski definition) is 1. The first-order valence-corrected chi connectivity index (χ1v) is 6.27. The first kappa shape index (κ1) is 10.3. The van der Waals surface area contributed by atoms with Gasteiger partial charge in [-0.05, 0) is 18.9 Å². The van der Waals surface area contributed by atoms with Crippen LogP contribution in [0.15, 0.2) is 16.9 Å². The van der Waals surface area contributed by atoms with Gasteiger partial charge in [0.1, 0.15) is 5.52 Å². The number of nitrogens with zero attached hydrogens (tertiary/aromatic N) is 1. The minimum Gasteiger partial charge on any atom is -0.433 e. The number of thiophene rings is 1. The van der Waals surface area contributed by atoms with Crippen LogP contribution in [0.4, 0.5) is 0 Å². The number of oxazole rings is 1. The fourth-order valence-electron chi connectivity index (χ4n) is 2.24. The van der Waals surface area contributed by atoms with Gasteiger partial charge in [-0.1, -0.05) is 0 Å². The van der Waals surface area contributed by atoms with Crippen molar-refractivity contribution in [2.24, 2.45) is 5.73 Å². The molecule has 0 bridgehead atoms. The standard InChI is InChI=1S/C11H14N2O2S/c12-6-11(1-3-14-4-2-11)9-5-8-10(16-9)15-7-13-8/h5,7H,1-4,6,12H2. The third-order valence-corrected chi connectivity index (χ3v) is 4.66. The molecule has 0 amide bonds. The molecule has 0 saturated carbocycles. The molecule has 0 radical (unpaired) electrons. The Morgan fingerprint density at radius 2 is 2.25 bits per heavy atom. The van der Waals surface area contributed by atoms with E-state index in [-0.39, 0.29) is 5.41 Å². The van der Waals surface area contributed by atoms with E-state index in [0.717, 1.165) is 36.5 Å². The van der Waals surface area contributed by atoms with Gasteiger partial charge in [-0.25, -0.2) is 4.98 Å². The highest BCUT2D eigenvalue weighted by molar-refractivity contribution is 7.18. The van der Waals surface area contributed by atoms with Crippen LogP contribution >= 0.6 is 11.3 Å². The van der Waals surface area contributed by atoms with Crippen LogP contribution in [0.3, 0.4) is 0 Å². The van der Waals surface area contributed by atoms with Crippen LogP contribution in [0.2, 0.25) is 0 Å². The molecule has 1 saturated heterocycles. The molecule has 16 heavy (non-hydrogen) atoms. The zero-order chi connectivity index (χ0) is 11.0. The summed E-state index contributed by atoms with van der Waals surface area (Å²) < 4.78 is 10.7. The molecule has 2 aromatic heterocycles. The van der Waals surface area contributed by atoms with Crippen molar-refractivity contribution in [3.63, 3.8) is 0 Å². The lowest BCUT2D eigenvalue weighted by Crippen LogP contribution is -2.39. The van der Waals surface area contributed by atoms with E-state index in [1.54, 1.807) is 11.3 Å². The highest BCUT2D eigenvalue weighted by Gasteiger charge is 2.35. The molecule has 0 atom stereocenters. The lowest BCUT2D eigenvalue weighted by atomic mass is 9.79. The molecular weight excluding hydrogens is 224 g/mol. The molecule has 86 valence electrons. The number of ether oxygens (including phenoxy) is 1. The molecule has 4 nitrogen and oxygen atoms in total. The topological polar surface area (TPSA) is 61.3 Å². The van der Waals surface area contributed by atoms with Crippen molar-refractivity contribution < 1.29 is 9.15 Å². The molecule has 3 heterocycles. The van der Waals surface area contributed by atoms with E-state index < -0.39 is 0 Å². The molecule has 5 heteroatoms. The Morgan fingerprint density at radius 3 is 2.94 bits per heavy atom. The highest BCUT2D eigenvalue weighted by Crippen LogP contribution is 2.40. The summed E-state index contributed by atoms with van der Waals surface area (Å²) in [6, 6.07) is 2.11. The minimum absolute atomic E-state index is 0.0755. The van der Waals surface area contributed by atoms with Gasteiger partial charge in [-0.15, -0.1) is 11.3 Å². The quantitative estimate of drug-likeness (QED) is 0.868. The Kier molecular flexibility index (Phi) is 2.46. The maximum Gasteiger partial charge on any atom is 0.208 e. The number of fused-ring (bicyclic) bond motifs is 1. The average molecular weight is 238 g/mol. The van der Waals surface area contributed by atoms with Crippen LogP contribution in [0.1, 0.15) is 17.7 Å². The average Bonchev–Trinajstić information content (AvgIpc) is 2.90. The molecule has 2 N–H and O–H groups in total. The third-order valence-electron chi connectivity index (χ3n) is 3.39. The molecule has 0 aromatic carbocycles. The Morgan fingerprint density at radius 1 is 1.44 bits per heavy atom. The summed E-state index contributed by atoms with van der Waals surface area (Å²) in [5.74, 6) is 0. The summed E-state index contributed by atoms with van der Waals surface area (Å²) in [6.07, 6.45) is 3.48. The molecule has 0 unspecified atom stereocenters. The largest absolute Gasteiger partial charge is 0.433 e. The predicted molar refractivity (Wildman–Crippen MR) is 62.7 cm³/mol. The molecule has 1 fully saturated rings. The van der Waals surface area contributed by atoms with Crippen molar-refractivity contribution in [2.45, 2.75) is 18.3 Å². The van der Waals surface area contributed by atoms with E-state index in [9.17, 15) is 0 Å². The van der Waals surface area contributed by atoms with E-state index in [1.165, 1.54) is 11.3 Å². The van der Waals surface area contributed by atoms with Gasteiger partial charge in [0.05, 0.1) is 0 Å². The monoisotopic (exact) mass is 238 g/mol. The normalized spacial score (nSPS) is 20.3. The van der Waals surface area contributed by atoms with Gasteiger partial charge in [0.15, 0.2) is 6.39 Å². The Hall–Kier alpha value is -0.910. The molecule has 0 aliphatic carbocycles. The maximum atomic E-state index is 5.96. The lowest BCUT2D eigenvalue weighted by molar-refractivity contribution is 0.0541. The molecule has 0 spiro atoms. The second-order valence-electron chi connectivity index (χ2n) is 4.23. The van der Waals surface area contributed by atoms with E-state index in [1.807, 2.05) is 0 Å². The van der Waals surface area contributed by atoms with Gasteiger partial charge in [-0.2, -0.15) is 0 Å². The minimum atomic E-state index is 0.0755. The Balaban J connectivity index is 2.02. The first-order chi connectivity index (χ1) is 7.84. The van der Waals surface area contributed by atoms with Crippen molar-refractivity contribution in [1.82, 2.24) is 4.98 Å². The SMILES string of the molecule is NCC1(c2cc3ncoc3s2)CCOCC1. The van der Waals surface area contributed by atoms with Crippen LogP contribution in [0, 0.1) is 0 Å². The fourth-order valence-corrected chi connectivity index (χ4v) is 3.43. The number of hydrogen-bond acceptors (Lipinski definition) is 5. The van der Waals surface area contributed by atoms with Crippen LogP contribution < -0.4 is 5.73 Å². The van der Waals surface area contributed by atoms with Crippen molar-refractivity contribution in [3.8, 4) is 0 Å².